The van der Waals surface area contributed by atoms with Gasteiger partial charge >= 0.3 is 16.1 Å². The van der Waals surface area contributed by atoms with Crippen molar-refractivity contribution in [2.75, 3.05) is 39.3 Å². The molecular formula is C26H33ClO8S. The number of hydrogen-bond donors (Lipinski definition) is 0. The van der Waals surface area contributed by atoms with E-state index in [0.717, 1.165) is 30.2 Å². The molecule has 0 aromatic heterocycles. The van der Waals surface area contributed by atoms with Crippen LogP contribution in [0.3, 0.4) is 0 Å². The third-order valence-electron chi connectivity index (χ3n) is 4.70. The van der Waals surface area contributed by atoms with Crippen LogP contribution in [0, 0.1) is 0 Å². The van der Waals surface area contributed by atoms with Gasteiger partial charge in [0.25, 0.3) is 0 Å². The molecular weight excluding hydrogens is 508 g/mol. The lowest BCUT2D eigenvalue weighted by Gasteiger charge is -2.14. The van der Waals surface area contributed by atoms with Gasteiger partial charge in [0.2, 0.25) is 0 Å². The van der Waals surface area contributed by atoms with Gasteiger partial charge in [0, 0.05) is 19.1 Å². The standard InChI is InChI=1S/C26H33ClO8S/c1-4-6-14-32-25-19-20(9-12-26(28)34-17-16-31-5-2)8-11-24(25)33-15-13-21-7-10-23(22(27)18-21)35-36(3,29)30/h7-12,18-19H,4-6,13-17H2,1-3H3. The maximum Gasteiger partial charge on any atom is 0.330 e. The minimum Gasteiger partial charge on any atom is -0.490 e. The van der Waals surface area contributed by atoms with Crippen molar-refractivity contribution in [3.8, 4) is 17.2 Å². The zero-order chi connectivity index (χ0) is 26.4. The van der Waals surface area contributed by atoms with Crippen LogP contribution in [-0.4, -0.2) is 53.7 Å². The molecule has 198 valence electrons. The number of esters is 1. The zero-order valence-corrected chi connectivity index (χ0v) is 22.4. The molecule has 0 N–H and O–H groups in total. The Bertz CT molecular complexity index is 1110. The molecule has 0 spiro atoms. The first-order valence-corrected chi connectivity index (χ1v) is 13.9. The van der Waals surface area contributed by atoms with Crippen LogP contribution in [-0.2, 0) is 30.8 Å². The third-order valence-corrected chi connectivity index (χ3v) is 5.47. The van der Waals surface area contributed by atoms with Gasteiger partial charge in [0.05, 0.1) is 31.1 Å². The summed E-state index contributed by atoms with van der Waals surface area (Å²) in [5.74, 6) is 0.781. The van der Waals surface area contributed by atoms with Crippen molar-refractivity contribution in [2.24, 2.45) is 0 Å². The Kier molecular flexibility index (Phi) is 12.6. The predicted octanol–water partition coefficient (Wildman–Crippen LogP) is 5.07. The maximum absolute atomic E-state index is 11.9. The van der Waals surface area contributed by atoms with E-state index in [2.05, 4.69) is 6.92 Å². The van der Waals surface area contributed by atoms with Crippen molar-refractivity contribution in [1.82, 2.24) is 0 Å². The minimum absolute atomic E-state index is 0.0808. The van der Waals surface area contributed by atoms with Gasteiger partial charge in [-0.1, -0.05) is 37.1 Å². The predicted molar refractivity (Wildman–Crippen MR) is 139 cm³/mol. The summed E-state index contributed by atoms with van der Waals surface area (Å²) < 4.78 is 49.6. The Morgan fingerprint density at radius 3 is 2.39 bits per heavy atom. The van der Waals surface area contributed by atoms with Gasteiger partial charge in [-0.25, -0.2) is 4.79 Å². The van der Waals surface area contributed by atoms with Crippen molar-refractivity contribution in [1.29, 1.82) is 0 Å². The monoisotopic (exact) mass is 540 g/mol. The van der Waals surface area contributed by atoms with Crippen LogP contribution in [0.4, 0.5) is 0 Å². The van der Waals surface area contributed by atoms with Gasteiger partial charge in [-0.05, 0) is 54.8 Å². The van der Waals surface area contributed by atoms with Gasteiger partial charge in [-0.2, -0.15) is 8.42 Å². The molecule has 0 aliphatic heterocycles. The average Bonchev–Trinajstić information content (AvgIpc) is 2.82. The molecule has 10 heteroatoms. The van der Waals surface area contributed by atoms with E-state index in [9.17, 15) is 13.2 Å². The van der Waals surface area contributed by atoms with E-state index in [1.54, 1.807) is 24.3 Å². The molecule has 36 heavy (non-hydrogen) atoms. The molecule has 0 bridgehead atoms. The summed E-state index contributed by atoms with van der Waals surface area (Å²) in [6, 6.07) is 10.3. The van der Waals surface area contributed by atoms with Crippen LogP contribution >= 0.6 is 11.6 Å². The van der Waals surface area contributed by atoms with Gasteiger partial charge in [0.15, 0.2) is 17.2 Å². The highest BCUT2D eigenvalue weighted by molar-refractivity contribution is 7.86. The van der Waals surface area contributed by atoms with E-state index >= 15 is 0 Å². The summed E-state index contributed by atoms with van der Waals surface area (Å²) in [6.45, 7) is 5.97. The Morgan fingerprint density at radius 2 is 1.69 bits per heavy atom. The van der Waals surface area contributed by atoms with E-state index in [4.69, 9.17) is 34.7 Å². The molecule has 2 rings (SSSR count). The van der Waals surface area contributed by atoms with Crippen LogP contribution < -0.4 is 13.7 Å². The summed E-state index contributed by atoms with van der Waals surface area (Å²) >= 11 is 6.14. The van der Waals surface area contributed by atoms with Crippen molar-refractivity contribution < 1.29 is 36.3 Å². The van der Waals surface area contributed by atoms with Crippen molar-refractivity contribution in [2.45, 2.75) is 33.1 Å². The van der Waals surface area contributed by atoms with Crippen LogP contribution in [0.15, 0.2) is 42.5 Å². The molecule has 0 amide bonds. The molecule has 2 aromatic carbocycles. The molecule has 0 saturated heterocycles. The van der Waals surface area contributed by atoms with Crippen LogP contribution in [0.25, 0.3) is 6.08 Å². The number of rotatable bonds is 16. The third kappa shape index (κ3) is 11.3. The lowest BCUT2D eigenvalue weighted by Crippen LogP contribution is -2.08. The first-order valence-electron chi connectivity index (χ1n) is 11.7. The number of carbonyl (C=O) groups is 1. The van der Waals surface area contributed by atoms with Crippen molar-refractivity contribution in [3.63, 3.8) is 0 Å². The lowest BCUT2D eigenvalue weighted by molar-refractivity contribution is -0.139. The SMILES string of the molecule is CCCCOc1cc(C=CC(=O)OCCOCC)ccc1OCCc1ccc(OS(C)(=O)=O)c(Cl)c1. The number of benzene rings is 2. The number of halogens is 1. The molecule has 0 radical (unpaired) electrons. The average molecular weight is 541 g/mol. The summed E-state index contributed by atoms with van der Waals surface area (Å²) in [7, 11) is -3.66. The summed E-state index contributed by atoms with van der Waals surface area (Å²) in [4.78, 5) is 11.9. The molecule has 0 heterocycles. The van der Waals surface area contributed by atoms with Crippen molar-refractivity contribution in [3.05, 3.63) is 58.6 Å². The Labute approximate surface area is 218 Å². The number of carbonyl (C=O) groups excluding carboxylic acids is 1. The van der Waals surface area contributed by atoms with Gasteiger partial charge in [-0.15, -0.1) is 0 Å². The first-order chi connectivity index (χ1) is 17.2. The van der Waals surface area contributed by atoms with E-state index in [1.807, 2.05) is 19.1 Å². The fourth-order valence-electron chi connectivity index (χ4n) is 2.95. The van der Waals surface area contributed by atoms with E-state index in [1.165, 1.54) is 12.1 Å². The summed E-state index contributed by atoms with van der Waals surface area (Å²) in [5, 5.41) is 0.203. The molecule has 0 unspecified atom stereocenters. The molecule has 0 saturated carbocycles. The fourth-order valence-corrected chi connectivity index (χ4v) is 3.71. The molecule has 0 aliphatic carbocycles. The van der Waals surface area contributed by atoms with Gasteiger partial charge < -0.3 is 23.1 Å². The zero-order valence-electron chi connectivity index (χ0n) is 20.8. The molecule has 0 atom stereocenters. The normalized spacial score (nSPS) is 11.4. The van der Waals surface area contributed by atoms with E-state index in [-0.39, 0.29) is 17.4 Å². The van der Waals surface area contributed by atoms with Crippen LogP contribution in [0.2, 0.25) is 5.02 Å². The highest BCUT2D eigenvalue weighted by Gasteiger charge is 2.11. The lowest BCUT2D eigenvalue weighted by atomic mass is 10.1. The van der Waals surface area contributed by atoms with Gasteiger partial charge in [-0.3, -0.25) is 0 Å². The highest BCUT2D eigenvalue weighted by atomic mass is 35.5. The second-order valence-electron chi connectivity index (χ2n) is 7.76. The number of ether oxygens (including phenoxy) is 4. The molecule has 0 fully saturated rings. The molecule has 0 aliphatic rings. The largest absolute Gasteiger partial charge is 0.490 e. The maximum atomic E-state index is 11.9. The van der Waals surface area contributed by atoms with E-state index in [0.29, 0.717) is 44.3 Å². The smallest absolute Gasteiger partial charge is 0.330 e. The Hall–Kier alpha value is -2.75. The summed E-state index contributed by atoms with van der Waals surface area (Å²) in [5.41, 5.74) is 1.63. The summed E-state index contributed by atoms with van der Waals surface area (Å²) in [6.07, 6.45) is 6.39. The highest BCUT2D eigenvalue weighted by Crippen LogP contribution is 2.30. The van der Waals surface area contributed by atoms with Crippen molar-refractivity contribution >= 4 is 33.8 Å². The Morgan fingerprint density at radius 1 is 0.944 bits per heavy atom. The first kappa shape index (κ1) is 29.5. The van der Waals surface area contributed by atoms with Crippen LogP contribution in [0.5, 0.6) is 17.2 Å². The fraction of sp³-hybridized carbons (Fsp3) is 0.423. The molecule has 8 nitrogen and oxygen atoms in total. The second-order valence-corrected chi connectivity index (χ2v) is 9.74. The molecule has 2 aromatic rings. The minimum atomic E-state index is -3.66. The van der Waals surface area contributed by atoms with Gasteiger partial charge in [0.1, 0.15) is 6.61 Å². The second kappa shape index (κ2) is 15.4. The Balaban J connectivity index is 2.01. The van der Waals surface area contributed by atoms with Crippen LogP contribution in [0.1, 0.15) is 37.8 Å². The topological polar surface area (TPSA) is 97.4 Å². The quantitative estimate of drug-likeness (QED) is 0.126. The van der Waals surface area contributed by atoms with E-state index < -0.39 is 16.1 Å². The number of hydrogen-bond acceptors (Lipinski definition) is 8. The number of unbranched alkanes of at least 4 members (excludes halogenated alkanes) is 1.